The van der Waals surface area contributed by atoms with E-state index in [4.69, 9.17) is 0 Å². The summed E-state index contributed by atoms with van der Waals surface area (Å²) in [7, 11) is 0. The van der Waals surface area contributed by atoms with Crippen LogP contribution in [-0.4, -0.2) is 18.3 Å². The van der Waals surface area contributed by atoms with Crippen LogP contribution in [0.4, 0.5) is 4.39 Å². The molecule has 0 aliphatic heterocycles. The Morgan fingerprint density at radius 3 is 2.71 bits per heavy atom. The minimum absolute atomic E-state index is 0.154. The van der Waals surface area contributed by atoms with E-state index in [2.05, 4.69) is 26.1 Å². The Morgan fingerprint density at radius 2 is 2.12 bits per heavy atom. The number of nitrogens with one attached hydrogen (secondary N) is 1. The van der Waals surface area contributed by atoms with Crippen molar-refractivity contribution in [2.45, 2.75) is 38.1 Å². The molecule has 0 radical (unpaired) electrons. The van der Waals surface area contributed by atoms with E-state index < -0.39 is 0 Å². The standard InChI is InChI=1S/C14H22FNS/c1-4-11(3)14(16-5-2)10-17-13-8-6-7-12(15)9-13/h6-9,11,14,16H,4-5,10H2,1-3H3. The molecule has 0 aliphatic carbocycles. The third-order valence-corrected chi connectivity index (χ3v) is 4.14. The van der Waals surface area contributed by atoms with Gasteiger partial charge in [0.05, 0.1) is 0 Å². The van der Waals surface area contributed by atoms with Gasteiger partial charge in [-0.15, -0.1) is 11.8 Å². The van der Waals surface area contributed by atoms with Crippen LogP contribution in [-0.2, 0) is 0 Å². The SMILES string of the molecule is CCNC(CSc1cccc(F)c1)C(C)CC. The van der Waals surface area contributed by atoms with Gasteiger partial charge in [0.1, 0.15) is 5.82 Å². The van der Waals surface area contributed by atoms with Crippen LogP contribution in [0.1, 0.15) is 27.2 Å². The normalized spacial score (nSPS) is 14.6. The number of hydrogen-bond acceptors (Lipinski definition) is 2. The summed E-state index contributed by atoms with van der Waals surface area (Å²) in [6, 6.07) is 7.32. The molecule has 0 aliphatic rings. The number of halogens is 1. The van der Waals surface area contributed by atoms with Crippen LogP contribution in [0.3, 0.4) is 0 Å². The summed E-state index contributed by atoms with van der Waals surface area (Å²) in [5.41, 5.74) is 0. The minimum Gasteiger partial charge on any atom is -0.313 e. The van der Waals surface area contributed by atoms with Gasteiger partial charge in [0.2, 0.25) is 0 Å². The summed E-state index contributed by atoms with van der Waals surface area (Å²) in [5, 5.41) is 3.50. The molecule has 0 bridgehead atoms. The average molecular weight is 255 g/mol. The van der Waals surface area contributed by atoms with Gasteiger partial charge in [-0.05, 0) is 30.7 Å². The van der Waals surface area contributed by atoms with Crippen molar-refractivity contribution in [2.24, 2.45) is 5.92 Å². The molecule has 0 saturated heterocycles. The monoisotopic (exact) mass is 255 g/mol. The van der Waals surface area contributed by atoms with E-state index in [9.17, 15) is 4.39 Å². The van der Waals surface area contributed by atoms with Crippen molar-refractivity contribution < 1.29 is 4.39 Å². The Morgan fingerprint density at radius 1 is 1.35 bits per heavy atom. The van der Waals surface area contributed by atoms with E-state index in [1.165, 1.54) is 12.5 Å². The summed E-state index contributed by atoms with van der Waals surface area (Å²) >= 11 is 1.72. The molecule has 0 heterocycles. The lowest BCUT2D eigenvalue weighted by molar-refractivity contribution is 0.404. The first-order chi connectivity index (χ1) is 8.17. The van der Waals surface area contributed by atoms with Gasteiger partial charge in [-0.2, -0.15) is 0 Å². The van der Waals surface area contributed by atoms with Gasteiger partial charge in [-0.1, -0.05) is 33.3 Å². The van der Waals surface area contributed by atoms with Crippen LogP contribution in [0.5, 0.6) is 0 Å². The molecule has 0 aromatic heterocycles. The van der Waals surface area contributed by atoms with Crippen molar-refractivity contribution in [3.8, 4) is 0 Å². The highest BCUT2D eigenvalue weighted by atomic mass is 32.2. The van der Waals surface area contributed by atoms with Crippen LogP contribution in [0.2, 0.25) is 0 Å². The zero-order valence-electron chi connectivity index (χ0n) is 10.9. The van der Waals surface area contributed by atoms with Crippen LogP contribution in [0, 0.1) is 11.7 Å². The summed E-state index contributed by atoms with van der Waals surface area (Å²) in [5.74, 6) is 1.49. The smallest absolute Gasteiger partial charge is 0.124 e. The topological polar surface area (TPSA) is 12.0 Å². The zero-order valence-corrected chi connectivity index (χ0v) is 11.7. The Kier molecular flexibility index (Phi) is 6.60. The van der Waals surface area contributed by atoms with Crippen molar-refractivity contribution in [1.82, 2.24) is 5.32 Å². The maximum absolute atomic E-state index is 13.0. The molecule has 1 aromatic carbocycles. The maximum Gasteiger partial charge on any atom is 0.124 e. The predicted octanol–water partition coefficient (Wildman–Crippen LogP) is 3.94. The summed E-state index contributed by atoms with van der Waals surface area (Å²) in [6.07, 6.45) is 1.17. The van der Waals surface area contributed by atoms with Crippen molar-refractivity contribution in [2.75, 3.05) is 12.3 Å². The first kappa shape index (κ1) is 14.5. The van der Waals surface area contributed by atoms with Gasteiger partial charge < -0.3 is 5.32 Å². The average Bonchev–Trinajstić information content (AvgIpc) is 2.33. The molecule has 2 unspecified atom stereocenters. The first-order valence-electron chi connectivity index (χ1n) is 6.29. The largest absolute Gasteiger partial charge is 0.313 e. The maximum atomic E-state index is 13.0. The van der Waals surface area contributed by atoms with Crippen molar-refractivity contribution >= 4 is 11.8 Å². The zero-order chi connectivity index (χ0) is 12.7. The van der Waals surface area contributed by atoms with E-state index in [-0.39, 0.29) is 5.82 Å². The van der Waals surface area contributed by atoms with E-state index >= 15 is 0 Å². The molecule has 96 valence electrons. The highest BCUT2D eigenvalue weighted by Crippen LogP contribution is 2.22. The van der Waals surface area contributed by atoms with Gasteiger partial charge in [-0.3, -0.25) is 0 Å². The molecule has 1 nitrogen and oxygen atoms in total. The molecule has 1 aromatic rings. The predicted molar refractivity (Wildman–Crippen MR) is 74.0 cm³/mol. The highest BCUT2D eigenvalue weighted by Gasteiger charge is 2.14. The quantitative estimate of drug-likeness (QED) is 0.741. The Hall–Kier alpha value is -0.540. The number of benzene rings is 1. The van der Waals surface area contributed by atoms with Crippen LogP contribution < -0.4 is 5.32 Å². The van der Waals surface area contributed by atoms with Crippen LogP contribution >= 0.6 is 11.8 Å². The molecular formula is C14H22FNS. The third-order valence-electron chi connectivity index (χ3n) is 3.02. The van der Waals surface area contributed by atoms with Gasteiger partial charge >= 0.3 is 0 Å². The van der Waals surface area contributed by atoms with E-state index in [0.29, 0.717) is 12.0 Å². The van der Waals surface area contributed by atoms with Crippen molar-refractivity contribution in [1.29, 1.82) is 0 Å². The lowest BCUT2D eigenvalue weighted by Crippen LogP contribution is -2.36. The van der Waals surface area contributed by atoms with Crippen molar-refractivity contribution in [3.05, 3.63) is 30.1 Å². The highest BCUT2D eigenvalue weighted by molar-refractivity contribution is 7.99. The van der Waals surface area contributed by atoms with Crippen LogP contribution in [0.15, 0.2) is 29.2 Å². The molecular weight excluding hydrogens is 233 g/mol. The fraction of sp³-hybridized carbons (Fsp3) is 0.571. The molecule has 0 amide bonds. The lowest BCUT2D eigenvalue weighted by atomic mass is 10.0. The molecule has 0 saturated carbocycles. The lowest BCUT2D eigenvalue weighted by Gasteiger charge is -2.23. The molecule has 2 atom stereocenters. The molecule has 1 N–H and O–H groups in total. The Balaban J connectivity index is 2.51. The second-order valence-corrected chi connectivity index (χ2v) is 5.41. The van der Waals surface area contributed by atoms with Gasteiger partial charge in [0, 0.05) is 16.7 Å². The molecule has 0 spiro atoms. The van der Waals surface area contributed by atoms with Crippen molar-refractivity contribution in [3.63, 3.8) is 0 Å². The molecule has 3 heteroatoms. The Labute approximate surface area is 108 Å². The van der Waals surface area contributed by atoms with E-state index in [0.717, 1.165) is 17.2 Å². The van der Waals surface area contributed by atoms with Gasteiger partial charge in [-0.25, -0.2) is 4.39 Å². The number of thioether (sulfide) groups is 1. The summed E-state index contributed by atoms with van der Waals surface area (Å²) in [6.45, 7) is 7.59. The molecule has 0 fully saturated rings. The second kappa shape index (κ2) is 7.72. The van der Waals surface area contributed by atoms with Gasteiger partial charge in [0.25, 0.3) is 0 Å². The molecule has 17 heavy (non-hydrogen) atoms. The fourth-order valence-electron chi connectivity index (χ4n) is 1.71. The Bertz CT molecular complexity index is 330. The first-order valence-corrected chi connectivity index (χ1v) is 7.27. The fourth-order valence-corrected chi connectivity index (χ4v) is 2.90. The van der Waals surface area contributed by atoms with E-state index in [1.807, 2.05) is 6.07 Å². The third kappa shape index (κ3) is 5.09. The molecule has 1 rings (SSSR count). The van der Waals surface area contributed by atoms with Gasteiger partial charge in [0.15, 0.2) is 0 Å². The number of rotatable bonds is 7. The number of hydrogen-bond donors (Lipinski definition) is 1. The second-order valence-electron chi connectivity index (χ2n) is 4.32. The summed E-state index contributed by atoms with van der Waals surface area (Å²) in [4.78, 5) is 1.01. The summed E-state index contributed by atoms with van der Waals surface area (Å²) < 4.78 is 13.0. The van der Waals surface area contributed by atoms with Crippen LogP contribution in [0.25, 0.3) is 0 Å². The van der Waals surface area contributed by atoms with E-state index in [1.54, 1.807) is 23.9 Å². The minimum atomic E-state index is -0.154.